The molecule has 1 aliphatic rings. The van der Waals surface area contributed by atoms with E-state index in [2.05, 4.69) is 44.1 Å². The molecule has 0 bridgehead atoms. The SMILES string of the molecule is CNc1ncc(Cl)c(N2CCN(CCN(C)C)CC2)n1. The molecule has 7 heteroatoms. The van der Waals surface area contributed by atoms with Crippen molar-refractivity contribution in [1.82, 2.24) is 19.8 Å². The molecule has 1 N–H and O–H groups in total. The molecule has 20 heavy (non-hydrogen) atoms. The van der Waals surface area contributed by atoms with Gasteiger partial charge in [0.1, 0.15) is 5.02 Å². The highest BCUT2D eigenvalue weighted by molar-refractivity contribution is 6.32. The lowest BCUT2D eigenvalue weighted by Gasteiger charge is -2.36. The van der Waals surface area contributed by atoms with Crippen LogP contribution in [0.1, 0.15) is 0 Å². The van der Waals surface area contributed by atoms with Crippen molar-refractivity contribution in [3.8, 4) is 0 Å². The molecule has 1 aromatic rings. The maximum absolute atomic E-state index is 6.21. The first-order chi connectivity index (χ1) is 9.60. The lowest BCUT2D eigenvalue weighted by molar-refractivity contribution is 0.229. The first-order valence-corrected chi connectivity index (χ1v) is 7.30. The first kappa shape index (κ1) is 15.3. The van der Waals surface area contributed by atoms with Crippen molar-refractivity contribution >= 4 is 23.4 Å². The second-order valence-electron chi connectivity index (χ2n) is 5.25. The van der Waals surface area contributed by atoms with Crippen LogP contribution in [0.25, 0.3) is 0 Å². The molecule has 0 radical (unpaired) electrons. The Morgan fingerprint density at radius 3 is 2.60 bits per heavy atom. The van der Waals surface area contributed by atoms with Crippen molar-refractivity contribution < 1.29 is 0 Å². The molecule has 6 nitrogen and oxygen atoms in total. The summed E-state index contributed by atoms with van der Waals surface area (Å²) in [6.45, 7) is 6.20. The monoisotopic (exact) mass is 298 g/mol. The minimum absolute atomic E-state index is 0.611. The van der Waals surface area contributed by atoms with Crippen LogP contribution in [0.4, 0.5) is 11.8 Å². The average Bonchev–Trinajstić information content (AvgIpc) is 2.46. The highest BCUT2D eigenvalue weighted by atomic mass is 35.5. The quantitative estimate of drug-likeness (QED) is 0.870. The number of anilines is 2. The van der Waals surface area contributed by atoms with Crippen LogP contribution < -0.4 is 10.2 Å². The lowest BCUT2D eigenvalue weighted by Crippen LogP contribution is -2.48. The zero-order chi connectivity index (χ0) is 14.5. The van der Waals surface area contributed by atoms with Gasteiger partial charge in [0.25, 0.3) is 0 Å². The van der Waals surface area contributed by atoms with Crippen LogP contribution in [0.2, 0.25) is 5.02 Å². The Balaban J connectivity index is 1.93. The van der Waals surface area contributed by atoms with Gasteiger partial charge in [0, 0.05) is 46.3 Å². The number of aromatic nitrogens is 2. The Bertz CT molecular complexity index is 431. The maximum Gasteiger partial charge on any atom is 0.224 e. The van der Waals surface area contributed by atoms with Crippen LogP contribution >= 0.6 is 11.6 Å². The van der Waals surface area contributed by atoms with E-state index in [1.54, 1.807) is 6.20 Å². The number of nitrogens with one attached hydrogen (secondary N) is 1. The normalized spacial score (nSPS) is 16.8. The van der Waals surface area contributed by atoms with Gasteiger partial charge in [0.05, 0.1) is 6.20 Å². The van der Waals surface area contributed by atoms with Gasteiger partial charge in [0.15, 0.2) is 5.82 Å². The number of rotatable bonds is 5. The van der Waals surface area contributed by atoms with Gasteiger partial charge in [-0.15, -0.1) is 0 Å². The molecule has 112 valence electrons. The van der Waals surface area contributed by atoms with E-state index in [1.165, 1.54) is 0 Å². The van der Waals surface area contributed by atoms with Crippen molar-refractivity contribution in [1.29, 1.82) is 0 Å². The van der Waals surface area contributed by atoms with Crippen LogP contribution in [0.3, 0.4) is 0 Å². The number of hydrogen-bond acceptors (Lipinski definition) is 6. The molecule has 1 aromatic heterocycles. The summed E-state index contributed by atoms with van der Waals surface area (Å²) in [5.41, 5.74) is 0. The molecule has 0 unspecified atom stereocenters. The fourth-order valence-corrected chi connectivity index (χ4v) is 2.44. The topological polar surface area (TPSA) is 47.5 Å². The Kier molecular flexibility index (Phi) is 5.39. The summed E-state index contributed by atoms with van der Waals surface area (Å²) in [6.07, 6.45) is 1.66. The average molecular weight is 299 g/mol. The third-order valence-corrected chi connectivity index (χ3v) is 3.75. The van der Waals surface area contributed by atoms with E-state index in [4.69, 9.17) is 11.6 Å². The van der Waals surface area contributed by atoms with E-state index < -0.39 is 0 Å². The molecule has 2 heterocycles. The van der Waals surface area contributed by atoms with Gasteiger partial charge in [-0.05, 0) is 14.1 Å². The van der Waals surface area contributed by atoms with E-state index in [1.807, 2.05) is 7.05 Å². The highest BCUT2D eigenvalue weighted by Gasteiger charge is 2.20. The summed E-state index contributed by atoms with van der Waals surface area (Å²) in [7, 11) is 6.03. The molecular formula is C13H23ClN6. The summed E-state index contributed by atoms with van der Waals surface area (Å²) >= 11 is 6.21. The van der Waals surface area contributed by atoms with Crippen molar-refractivity contribution in [2.75, 3.05) is 70.6 Å². The number of nitrogens with zero attached hydrogens (tertiary/aromatic N) is 5. The molecule has 2 rings (SSSR count). The second kappa shape index (κ2) is 7.06. The van der Waals surface area contributed by atoms with Gasteiger partial charge >= 0.3 is 0 Å². The number of piperazine rings is 1. The standard InChI is InChI=1S/C13H23ClN6/c1-15-13-16-10-11(14)12(17-13)20-8-6-19(7-9-20)5-4-18(2)3/h10H,4-9H2,1-3H3,(H,15,16,17). The fourth-order valence-electron chi connectivity index (χ4n) is 2.23. The van der Waals surface area contributed by atoms with Crippen LogP contribution in [-0.2, 0) is 0 Å². The summed E-state index contributed by atoms with van der Waals surface area (Å²) in [4.78, 5) is 15.5. The summed E-state index contributed by atoms with van der Waals surface area (Å²) in [5.74, 6) is 1.44. The lowest BCUT2D eigenvalue weighted by atomic mass is 10.3. The second-order valence-corrected chi connectivity index (χ2v) is 5.65. The van der Waals surface area contributed by atoms with Crippen LogP contribution in [0.15, 0.2) is 6.20 Å². The van der Waals surface area contributed by atoms with Crippen molar-refractivity contribution in [2.45, 2.75) is 0 Å². The van der Waals surface area contributed by atoms with Gasteiger partial charge in [-0.3, -0.25) is 4.90 Å². The minimum Gasteiger partial charge on any atom is -0.357 e. The predicted octanol–water partition coefficient (Wildman–Crippen LogP) is 0.855. The largest absolute Gasteiger partial charge is 0.357 e. The molecule has 0 amide bonds. The maximum atomic E-state index is 6.21. The molecule has 0 saturated carbocycles. The third kappa shape index (κ3) is 3.94. The molecule has 0 aliphatic carbocycles. The number of halogens is 1. The van der Waals surface area contributed by atoms with Crippen molar-refractivity contribution in [2.24, 2.45) is 0 Å². The number of hydrogen-bond donors (Lipinski definition) is 1. The molecule has 0 atom stereocenters. The summed E-state index contributed by atoms with van der Waals surface area (Å²) in [6, 6.07) is 0. The van der Waals surface area contributed by atoms with Crippen LogP contribution in [0.5, 0.6) is 0 Å². The zero-order valence-electron chi connectivity index (χ0n) is 12.4. The zero-order valence-corrected chi connectivity index (χ0v) is 13.2. The Morgan fingerprint density at radius 1 is 1.30 bits per heavy atom. The van der Waals surface area contributed by atoms with Gasteiger partial charge in [-0.1, -0.05) is 11.6 Å². The third-order valence-electron chi connectivity index (χ3n) is 3.48. The highest BCUT2D eigenvalue weighted by Crippen LogP contribution is 2.24. The van der Waals surface area contributed by atoms with Gasteiger partial charge in [-0.25, -0.2) is 4.98 Å². The van der Waals surface area contributed by atoms with E-state index >= 15 is 0 Å². The summed E-state index contributed by atoms with van der Waals surface area (Å²) in [5, 5.41) is 3.57. The van der Waals surface area contributed by atoms with Crippen LogP contribution in [-0.4, -0.2) is 80.2 Å². The fraction of sp³-hybridized carbons (Fsp3) is 0.692. The molecule has 0 aromatic carbocycles. The van der Waals surface area contributed by atoms with E-state index in [0.29, 0.717) is 11.0 Å². The van der Waals surface area contributed by atoms with Crippen LogP contribution in [0, 0.1) is 0 Å². The van der Waals surface area contributed by atoms with Gasteiger partial charge in [-0.2, -0.15) is 4.98 Å². The Hall–Kier alpha value is -1.11. The first-order valence-electron chi connectivity index (χ1n) is 6.92. The van der Waals surface area contributed by atoms with Crippen molar-refractivity contribution in [3.05, 3.63) is 11.2 Å². The molecular weight excluding hydrogens is 276 g/mol. The Labute approximate surface area is 125 Å². The minimum atomic E-state index is 0.611. The molecule has 1 aliphatic heterocycles. The van der Waals surface area contributed by atoms with Gasteiger partial charge < -0.3 is 15.1 Å². The summed E-state index contributed by atoms with van der Waals surface area (Å²) < 4.78 is 0. The van der Waals surface area contributed by atoms with E-state index in [9.17, 15) is 0 Å². The molecule has 0 spiro atoms. The van der Waals surface area contributed by atoms with E-state index in [0.717, 1.165) is 45.1 Å². The number of likely N-dealkylation sites (N-methyl/N-ethyl adjacent to an activating group) is 1. The van der Waals surface area contributed by atoms with Gasteiger partial charge in [0.2, 0.25) is 5.95 Å². The molecule has 1 fully saturated rings. The smallest absolute Gasteiger partial charge is 0.224 e. The van der Waals surface area contributed by atoms with Crippen molar-refractivity contribution in [3.63, 3.8) is 0 Å². The predicted molar refractivity (Wildman–Crippen MR) is 83.8 cm³/mol. The Morgan fingerprint density at radius 2 is 2.00 bits per heavy atom. The molecule has 1 saturated heterocycles. The van der Waals surface area contributed by atoms with E-state index in [-0.39, 0.29) is 0 Å².